The molecule has 1 fully saturated rings. The number of nitrogens with one attached hydrogen (secondary N) is 1. The van der Waals surface area contributed by atoms with E-state index in [0.29, 0.717) is 17.5 Å². The van der Waals surface area contributed by atoms with Gasteiger partial charge in [-0.15, -0.1) is 0 Å². The average Bonchev–Trinajstić information content (AvgIpc) is 2.99. The topological polar surface area (TPSA) is 84.7 Å². The number of hydrogen-bond donors (Lipinski definition) is 1. The highest BCUT2D eigenvalue weighted by Crippen LogP contribution is 2.38. The molecule has 2 aromatic heterocycles. The summed E-state index contributed by atoms with van der Waals surface area (Å²) in [5, 5.41) is 9.99. The minimum atomic E-state index is -0.249. The largest absolute Gasteiger partial charge is 0.332 e. The van der Waals surface area contributed by atoms with Crippen LogP contribution in [0.15, 0.2) is 21.5 Å². The maximum Gasteiger partial charge on any atom is 0.278 e. The van der Waals surface area contributed by atoms with E-state index in [9.17, 15) is 4.79 Å². The van der Waals surface area contributed by atoms with Crippen molar-refractivity contribution in [1.82, 2.24) is 20.3 Å². The van der Waals surface area contributed by atoms with Crippen LogP contribution in [0.1, 0.15) is 24.6 Å². The standard InChI is InChI=1S/C9H8N4O2/c14-7-4-3-6(11-12-7)9-10-8(13-15-9)5-1-2-5/h3-5H,1-2H2,(H,12,14). The fraction of sp³-hybridized carbons (Fsp3) is 0.333. The van der Waals surface area contributed by atoms with Crippen LogP contribution < -0.4 is 5.56 Å². The molecule has 0 radical (unpaired) electrons. The minimum Gasteiger partial charge on any atom is -0.332 e. The highest BCUT2D eigenvalue weighted by molar-refractivity contribution is 5.44. The molecule has 6 heteroatoms. The van der Waals surface area contributed by atoms with Gasteiger partial charge in [-0.3, -0.25) is 4.79 Å². The van der Waals surface area contributed by atoms with Gasteiger partial charge in [-0.05, 0) is 18.9 Å². The number of aromatic amines is 1. The smallest absolute Gasteiger partial charge is 0.278 e. The second-order valence-electron chi connectivity index (χ2n) is 3.54. The minimum absolute atomic E-state index is 0.249. The van der Waals surface area contributed by atoms with Gasteiger partial charge in [0, 0.05) is 12.0 Å². The SMILES string of the molecule is O=c1ccc(-c2nc(C3CC3)no2)n[nH]1. The molecule has 1 N–H and O–H groups in total. The highest BCUT2D eigenvalue weighted by Gasteiger charge is 2.29. The molecule has 15 heavy (non-hydrogen) atoms. The van der Waals surface area contributed by atoms with Crippen molar-refractivity contribution in [1.29, 1.82) is 0 Å². The lowest BCUT2D eigenvalue weighted by Crippen LogP contribution is -2.05. The molecule has 0 amide bonds. The van der Waals surface area contributed by atoms with Crippen LogP contribution in [0.4, 0.5) is 0 Å². The molecule has 0 aliphatic heterocycles. The van der Waals surface area contributed by atoms with Crippen molar-refractivity contribution in [3.05, 3.63) is 28.3 Å². The number of rotatable bonds is 2. The van der Waals surface area contributed by atoms with Crippen LogP contribution in [0.3, 0.4) is 0 Å². The molecule has 0 atom stereocenters. The van der Waals surface area contributed by atoms with E-state index < -0.39 is 0 Å². The predicted molar refractivity (Wildman–Crippen MR) is 50.1 cm³/mol. The zero-order valence-electron chi connectivity index (χ0n) is 7.80. The molecule has 1 aliphatic carbocycles. The van der Waals surface area contributed by atoms with Gasteiger partial charge in [-0.1, -0.05) is 5.16 Å². The normalized spacial score (nSPS) is 15.5. The van der Waals surface area contributed by atoms with Crippen LogP contribution >= 0.6 is 0 Å². The third-order valence-electron chi connectivity index (χ3n) is 2.28. The van der Waals surface area contributed by atoms with E-state index >= 15 is 0 Å². The molecule has 6 nitrogen and oxygen atoms in total. The van der Waals surface area contributed by atoms with Gasteiger partial charge in [-0.25, -0.2) is 5.10 Å². The molecule has 3 rings (SSSR count). The van der Waals surface area contributed by atoms with E-state index in [4.69, 9.17) is 4.52 Å². The lowest BCUT2D eigenvalue weighted by molar-refractivity contribution is 0.421. The Labute approximate surface area is 84.3 Å². The van der Waals surface area contributed by atoms with E-state index in [1.165, 1.54) is 6.07 Å². The van der Waals surface area contributed by atoms with Crippen molar-refractivity contribution in [2.75, 3.05) is 0 Å². The van der Waals surface area contributed by atoms with Gasteiger partial charge < -0.3 is 4.52 Å². The summed E-state index contributed by atoms with van der Waals surface area (Å²) in [4.78, 5) is 15.0. The van der Waals surface area contributed by atoms with Crippen LogP contribution in [0.5, 0.6) is 0 Å². The molecule has 2 aromatic rings. The Bertz CT molecular complexity index is 521. The number of H-pyrrole nitrogens is 1. The highest BCUT2D eigenvalue weighted by atomic mass is 16.5. The predicted octanol–water partition coefficient (Wildman–Crippen LogP) is 0.697. The van der Waals surface area contributed by atoms with Crippen LogP contribution in [0.25, 0.3) is 11.6 Å². The first-order valence-electron chi connectivity index (χ1n) is 4.72. The third-order valence-corrected chi connectivity index (χ3v) is 2.28. The third kappa shape index (κ3) is 1.54. The quantitative estimate of drug-likeness (QED) is 0.778. The first kappa shape index (κ1) is 8.34. The van der Waals surface area contributed by atoms with Gasteiger partial charge in [0.25, 0.3) is 11.4 Å². The van der Waals surface area contributed by atoms with Gasteiger partial charge in [0.1, 0.15) is 5.69 Å². The molecule has 0 spiro atoms. The second-order valence-corrected chi connectivity index (χ2v) is 3.54. The Kier molecular flexibility index (Phi) is 1.67. The maximum atomic E-state index is 10.8. The summed E-state index contributed by atoms with van der Waals surface area (Å²) in [6.07, 6.45) is 2.25. The van der Waals surface area contributed by atoms with Crippen molar-refractivity contribution in [2.45, 2.75) is 18.8 Å². The molecule has 2 heterocycles. The molecular weight excluding hydrogens is 196 g/mol. The lowest BCUT2D eigenvalue weighted by Gasteiger charge is -1.89. The molecule has 1 aliphatic rings. The van der Waals surface area contributed by atoms with Crippen LogP contribution in [-0.2, 0) is 0 Å². The monoisotopic (exact) mass is 204 g/mol. The van der Waals surface area contributed by atoms with Crippen molar-refractivity contribution in [3.8, 4) is 11.6 Å². The van der Waals surface area contributed by atoms with Crippen molar-refractivity contribution in [3.63, 3.8) is 0 Å². The van der Waals surface area contributed by atoms with E-state index in [-0.39, 0.29) is 5.56 Å². The van der Waals surface area contributed by atoms with Gasteiger partial charge in [0.05, 0.1) is 0 Å². The van der Waals surface area contributed by atoms with Crippen LogP contribution in [-0.4, -0.2) is 20.3 Å². The Hall–Kier alpha value is -1.98. The molecule has 1 saturated carbocycles. The van der Waals surface area contributed by atoms with Crippen LogP contribution in [0.2, 0.25) is 0 Å². The number of aromatic nitrogens is 4. The summed E-state index contributed by atoms with van der Waals surface area (Å²) >= 11 is 0. The summed E-state index contributed by atoms with van der Waals surface area (Å²) in [6, 6.07) is 2.94. The summed E-state index contributed by atoms with van der Waals surface area (Å²) in [7, 11) is 0. The fourth-order valence-electron chi connectivity index (χ4n) is 1.31. The molecule has 0 saturated heterocycles. The van der Waals surface area contributed by atoms with Crippen molar-refractivity contribution < 1.29 is 4.52 Å². The zero-order valence-corrected chi connectivity index (χ0v) is 7.80. The van der Waals surface area contributed by atoms with Crippen LogP contribution in [0, 0.1) is 0 Å². The zero-order chi connectivity index (χ0) is 10.3. The molecule has 76 valence electrons. The van der Waals surface area contributed by atoms with Gasteiger partial charge in [0.15, 0.2) is 5.82 Å². The fourth-order valence-corrected chi connectivity index (χ4v) is 1.31. The Morgan fingerprint density at radius 1 is 1.40 bits per heavy atom. The Balaban J connectivity index is 1.97. The maximum absolute atomic E-state index is 10.8. The first-order chi connectivity index (χ1) is 7.33. The summed E-state index contributed by atoms with van der Waals surface area (Å²) < 4.78 is 5.05. The van der Waals surface area contributed by atoms with Gasteiger partial charge in [-0.2, -0.15) is 10.1 Å². The van der Waals surface area contributed by atoms with Crippen molar-refractivity contribution >= 4 is 0 Å². The summed E-state index contributed by atoms with van der Waals surface area (Å²) in [5.74, 6) is 1.54. The van der Waals surface area contributed by atoms with E-state index in [1.807, 2.05) is 0 Å². The molecule has 0 aromatic carbocycles. The number of hydrogen-bond acceptors (Lipinski definition) is 5. The summed E-state index contributed by atoms with van der Waals surface area (Å²) in [5.41, 5.74) is 0.245. The molecule has 0 bridgehead atoms. The van der Waals surface area contributed by atoms with E-state index in [1.54, 1.807) is 6.07 Å². The Morgan fingerprint density at radius 2 is 2.27 bits per heavy atom. The molecule has 0 unspecified atom stereocenters. The second kappa shape index (κ2) is 3.01. The lowest BCUT2D eigenvalue weighted by atomic mass is 10.4. The van der Waals surface area contributed by atoms with E-state index in [0.717, 1.165) is 18.7 Å². The molecular formula is C9H8N4O2. The number of nitrogens with zero attached hydrogens (tertiary/aromatic N) is 3. The summed E-state index contributed by atoms with van der Waals surface area (Å²) in [6.45, 7) is 0. The van der Waals surface area contributed by atoms with Crippen molar-refractivity contribution in [2.24, 2.45) is 0 Å². The first-order valence-corrected chi connectivity index (χ1v) is 4.72. The van der Waals surface area contributed by atoms with Gasteiger partial charge in [0.2, 0.25) is 0 Å². The Morgan fingerprint density at radius 3 is 2.93 bits per heavy atom. The average molecular weight is 204 g/mol. The van der Waals surface area contributed by atoms with Gasteiger partial charge >= 0.3 is 0 Å². The van der Waals surface area contributed by atoms with E-state index in [2.05, 4.69) is 20.3 Å².